The molecule has 1 rings (SSSR count). The minimum atomic E-state index is -0.738. The van der Waals surface area contributed by atoms with Gasteiger partial charge in [0.15, 0.2) is 0 Å². The maximum Gasteiger partial charge on any atom is 0.306 e. The van der Waals surface area contributed by atoms with Gasteiger partial charge in [0.1, 0.15) is 5.75 Å². The lowest BCUT2D eigenvalue weighted by Gasteiger charge is -2.14. The molecule has 1 aromatic rings. The predicted octanol–water partition coefficient (Wildman–Crippen LogP) is 2.68. The lowest BCUT2D eigenvalue weighted by molar-refractivity contribution is -0.141. The first-order valence-electron chi connectivity index (χ1n) is 5.49. The number of phenols is 1. The molecule has 88 valence electrons. The first-order chi connectivity index (χ1) is 7.49. The highest BCUT2D eigenvalue weighted by Gasteiger charge is 2.15. The van der Waals surface area contributed by atoms with Crippen LogP contribution in [0.25, 0.3) is 0 Å². The third kappa shape index (κ3) is 3.93. The predicted molar refractivity (Wildman–Crippen MR) is 62.4 cm³/mol. The summed E-state index contributed by atoms with van der Waals surface area (Å²) < 4.78 is 0. The largest absolute Gasteiger partial charge is 0.508 e. The van der Waals surface area contributed by atoms with E-state index < -0.39 is 5.97 Å². The fourth-order valence-electron chi connectivity index (χ4n) is 1.82. The van der Waals surface area contributed by atoms with Crippen LogP contribution in [-0.4, -0.2) is 16.2 Å². The molecule has 0 saturated carbocycles. The van der Waals surface area contributed by atoms with Gasteiger partial charge in [-0.15, -0.1) is 0 Å². The summed E-state index contributed by atoms with van der Waals surface area (Å²) >= 11 is 0. The monoisotopic (exact) mass is 222 g/mol. The summed E-state index contributed by atoms with van der Waals surface area (Å²) in [5.41, 5.74) is 1.13. The van der Waals surface area contributed by atoms with Crippen molar-refractivity contribution in [2.75, 3.05) is 0 Å². The fourth-order valence-corrected chi connectivity index (χ4v) is 1.82. The Labute approximate surface area is 95.7 Å². The Morgan fingerprint density at radius 3 is 2.31 bits per heavy atom. The van der Waals surface area contributed by atoms with Crippen molar-refractivity contribution >= 4 is 5.97 Å². The minimum Gasteiger partial charge on any atom is -0.508 e. The molecule has 0 unspecified atom stereocenters. The number of phenolic OH excluding ortho intramolecular Hbond substituents is 1. The fraction of sp³-hybridized carbons (Fsp3) is 0.462. The van der Waals surface area contributed by atoms with Gasteiger partial charge >= 0.3 is 5.97 Å². The summed E-state index contributed by atoms with van der Waals surface area (Å²) in [4.78, 5) is 10.7. The van der Waals surface area contributed by atoms with Gasteiger partial charge in [0, 0.05) is 0 Å². The van der Waals surface area contributed by atoms with Crippen molar-refractivity contribution in [1.82, 2.24) is 0 Å². The van der Waals surface area contributed by atoms with Crippen molar-refractivity contribution in [3.05, 3.63) is 29.8 Å². The molecule has 0 heterocycles. The van der Waals surface area contributed by atoms with Gasteiger partial charge in [0.05, 0.1) is 5.92 Å². The van der Waals surface area contributed by atoms with Crippen LogP contribution in [0.2, 0.25) is 0 Å². The van der Waals surface area contributed by atoms with E-state index in [1.807, 2.05) is 19.1 Å². The van der Waals surface area contributed by atoms with Crippen LogP contribution in [0, 0.1) is 11.8 Å². The van der Waals surface area contributed by atoms with Crippen LogP contribution in [-0.2, 0) is 11.2 Å². The van der Waals surface area contributed by atoms with Gasteiger partial charge in [0.2, 0.25) is 0 Å². The molecule has 0 fully saturated rings. The van der Waals surface area contributed by atoms with Crippen molar-refractivity contribution in [3.8, 4) is 5.75 Å². The zero-order valence-electron chi connectivity index (χ0n) is 9.68. The summed E-state index contributed by atoms with van der Waals surface area (Å²) in [6, 6.07) is 7.06. The maximum absolute atomic E-state index is 10.7. The van der Waals surface area contributed by atoms with Gasteiger partial charge in [-0.3, -0.25) is 4.79 Å². The number of rotatable bonds is 5. The number of carboxylic acid groups (broad SMARTS) is 1. The molecule has 0 radical (unpaired) electrons. The molecule has 0 aliphatic carbocycles. The summed E-state index contributed by atoms with van der Waals surface area (Å²) in [6.45, 7) is 3.78. The number of carboxylic acids is 1. The molecule has 0 aliphatic rings. The SMILES string of the molecule is C[C@@H](Cc1ccc(O)cc1)C[C@H](C)C(=O)O. The number of carbonyl (C=O) groups is 1. The van der Waals surface area contributed by atoms with Crippen molar-refractivity contribution in [3.63, 3.8) is 0 Å². The van der Waals surface area contributed by atoms with Crippen molar-refractivity contribution < 1.29 is 15.0 Å². The van der Waals surface area contributed by atoms with Gasteiger partial charge in [-0.2, -0.15) is 0 Å². The van der Waals surface area contributed by atoms with Crippen LogP contribution < -0.4 is 0 Å². The van der Waals surface area contributed by atoms with Crippen LogP contribution in [0.3, 0.4) is 0 Å². The topological polar surface area (TPSA) is 57.5 Å². The zero-order valence-corrected chi connectivity index (χ0v) is 9.68. The second-order valence-electron chi connectivity index (χ2n) is 4.45. The van der Waals surface area contributed by atoms with E-state index in [-0.39, 0.29) is 11.7 Å². The number of aromatic hydroxyl groups is 1. The Bertz CT molecular complexity index is 343. The Morgan fingerprint density at radius 1 is 1.25 bits per heavy atom. The van der Waals surface area contributed by atoms with Crippen LogP contribution in [0.15, 0.2) is 24.3 Å². The quantitative estimate of drug-likeness (QED) is 0.805. The molecular formula is C13H18O3. The molecule has 16 heavy (non-hydrogen) atoms. The van der Waals surface area contributed by atoms with Gasteiger partial charge in [0.25, 0.3) is 0 Å². The van der Waals surface area contributed by atoms with E-state index in [0.29, 0.717) is 12.3 Å². The second-order valence-corrected chi connectivity index (χ2v) is 4.45. The first kappa shape index (κ1) is 12.6. The van der Waals surface area contributed by atoms with E-state index in [2.05, 4.69) is 0 Å². The maximum atomic E-state index is 10.7. The summed E-state index contributed by atoms with van der Waals surface area (Å²) in [5.74, 6) is -0.448. The van der Waals surface area contributed by atoms with Crippen molar-refractivity contribution in [1.29, 1.82) is 0 Å². The van der Waals surface area contributed by atoms with Gasteiger partial charge in [-0.25, -0.2) is 0 Å². The third-order valence-electron chi connectivity index (χ3n) is 2.70. The van der Waals surface area contributed by atoms with Crippen LogP contribution >= 0.6 is 0 Å². The standard InChI is InChI=1S/C13H18O3/c1-9(7-10(2)13(15)16)8-11-3-5-12(14)6-4-11/h3-6,9-10,14H,7-8H2,1-2H3,(H,15,16)/t9-,10+/m1/s1. The molecular weight excluding hydrogens is 204 g/mol. The average molecular weight is 222 g/mol. The number of hydrogen-bond acceptors (Lipinski definition) is 2. The minimum absolute atomic E-state index is 0.260. The second kappa shape index (κ2) is 5.54. The van der Waals surface area contributed by atoms with E-state index in [4.69, 9.17) is 10.2 Å². The molecule has 2 N–H and O–H groups in total. The molecule has 0 aromatic heterocycles. The number of hydrogen-bond donors (Lipinski definition) is 2. The van der Waals surface area contributed by atoms with E-state index in [9.17, 15) is 4.79 Å². The highest BCUT2D eigenvalue weighted by Crippen LogP contribution is 2.18. The van der Waals surface area contributed by atoms with Gasteiger partial charge < -0.3 is 10.2 Å². The van der Waals surface area contributed by atoms with E-state index >= 15 is 0 Å². The average Bonchev–Trinajstić information content (AvgIpc) is 2.21. The Balaban J connectivity index is 2.48. The molecule has 0 amide bonds. The molecule has 0 saturated heterocycles. The van der Waals surface area contributed by atoms with Crippen LogP contribution in [0.5, 0.6) is 5.75 Å². The van der Waals surface area contributed by atoms with Crippen LogP contribution in [0.1, 0.15) is 25.8 Å². The third-order valence-corrected chi connectivity index (χ3v) is 2.70. The highest BCUT2D eigenvalue weighted by atomic mass is 16.4. The molecule has 1 aromatic carbocycles. The normalized spacial score (nSPS) is 14.4. The van der Waals surface area contributed by atoms with Crippen molar-refractivity contribution in [2.24, 2.45) is 11.8 Å². The molecule has 3 nitrogen and oxygen atoms in total. The van der Waals surface area contributed by atoms with Gasteiger partial charge in [-0.05, 0) is 36.5 Å². The molecule has 0 aliphatic heterocycles. The Morgan fingerprint density at radius 2 is 1.81 bits per heavy atom. The number of aliphatic carboxylic acids is 1. The van der Waals surface area contributed by atoms with E-state index in [0.717, 1.165) is 12.0 Å². The molecule has 0 spiro atoms. The first-order valence-corrected chi connectivity index (χ1v) is 5.49. The Hall–Kier alpha value is -1.51. The number of benzene rings is 1. The van der Waals surface area contributed by atoms with E-state index in [1.165, 1.54) is 0 Å². The lowest BCUT2D eigenvalue weighted by atomic mass is 9.92. The van der Waals surface area contributed by atoms with Crippen LogP contribution in [0.4, 0.5) is 0 Å². The highest BCUT2D eigenvalue weighted by molar-refractivity contribution is 5.69. The van der Waals surface area contributed by atoms with E-state index in [1.54, 1.807) is 19.1 Å². The molecule has 3 heteroatoms. The zero-order chi connectivity index (χ0) is 12.1. The molecule has 2 atom stereocenters. The van der Waals surface area contributed by atoms with Gasteiger partial charge in [-0.1, -0.05) is 26.0 Å². The van der Waals surface area contributed by atoms with Crippen molar-refractivity contribution in [2.45, 2.75) is 26.7 Å². The summed E-state index contributed by atoms with van der Waals surface area (Å²) in [5, 5.41) is 17.9. The summed E-state index contributed by atoms with van der Waals surface area (Å²) in [6.07, 6.45) is 1.52. The smallest absolute Gasteiger partial charge is 0.306 e. The summed E-state index contributed by atoms with van der Waals surface area (Å²) in [7, 11) is 0. The Kier molecular flexibility index (Phi) is 4.35. The lowest BCUT2D eigenvalue weighted by Crippen LogP contribution is -2.14. The molecule has 0 bridgehead atoms.